The quantitative estimate of drug-likeness (QED) is 0.505. The number of nitrogens with one attached hydrogen (secondary N) is 1. The number of hydrogen-bond donors (Lipinski definition) is 2. The largest absolute Gasteiger partial charge is 0.505 e. The van der Waals surface area contributed by atoms with E-state index in [9.17, 15) is 20.0 Å². The lowest BCUT2D eigenvalue weighted by Crippen LogP contribution is -2.14. The van der Waals surface area contributed by atoms with Crippen molar-refractivity contribution in [3.05, 3.63) is 52.3 Å². The zero-order valence-corrected chi connectivity index (χ0v) is 10.9. The summed E-state index contributed by atoms with van der Waals surface area (Å²) in [6.07, 6.45) is 2.73. The Morgan fingerprint density at radius 3 is 2.86 bits per heavy atom. The molecule has 0 aliphatic rings. The summed E-state index contributed by atoms with van der Waals surface area (Å²) < 4.78 is 4.99. The highest BCUT2D eigenvalue weighted by molar-refractivity contribution is 6.07. The lowest BCUT2D eigenvalue weighted by molar-refractivity contribution is -0.384. The summed E-state index contributed by atoms with van der Waals surface area (Å²) in [4.78, 5) is 26.2. The monoisotopic (exact) mass is 289 g/mol. The van der Waals surface area contributed by atoms with Gasteiger partial charge in [0, 0.05) is 12.3 Å². The molecule has 0 unspecified atom stereocenters. The summed E-state index contributed by atoms with van der Waals surface area (Å²) >= 11 is 0. The second-order valence-corrected chi connectivity index (χ2v) is 3.96. The van der Waals surface area contributed by atoms with Crippen LogP contribution < -0.4 is 10.1 Å². The van der Waals surface area contributed by atoms with E-state index in [-0.39, 0.29) is 17.0 Å². The number of aromatic hydroxyl groups is 1. The molecule has 8 nitrogen and oxygen atoms in total. The number of carbonyl (C=O) groups excluding carboxylic acids is 1. The second kappa shape index (κ2) is 5.87. The number of nitrogens with zero attached hydrogens (tertiary/aromatic N) is 2. The van der Waals surface area contributed by atoms with E-state index in [2.05, 4.69) is 10.3 Å². The fourth-order valence-electron chi connectivity index (χ4n) is 1.72. The number of aromatic nitrogens is 1. The van der Waals surface area contributed by atoms with Crippen LogP contribution in [0.3, 0.4) is 0 Å². The van der Waals surface area contributed by atoms with E-state index in [0.717, 1.165) is 0 Å². The number of ether oxygens (including phenoxy) is 1. The number of phenolic OH excluding ortho intramolecular Hbond substituents is 1. The van der Waals surface area contributed by atoms with Crippen LogP contribution in [0.15, 0.2) is 36.7 Å². The van der Waals surface area contributed by atoms with Crippen molar-refractivity contribution in [2.45, 2.75) is 0 Å². The number of nitro benzene ring substituents is 1. The lowest BCUT2D eigenvalue weighted by Gasteiger charge is -2.10. The third-order valence-corrected chi connectivity index (χ3v) is 2.70. The summed E-state index contributed by atoms with van der Waals surface area (Å²) in [6, 6.07) is 5.14. The van der Waals surface area contributed by atoms with Gasteiger partial charge in [0.2, 0.25) is 0 Å². The number of hydrogen-bond acceptors (Lipinski definition) is 6. The van der Waals surface area contributed by atoms with Gasteiger partial charge >= 0.3 is 0 Å². The predicted molar refractivity (Wildman–Crippen MR) is 73.5 cm³/mol. The minimum atomic E-state index is -0.695. The van der Waals surface area contributed by atoms with E-state index in [0.29, 0.717) is 0 Å². The van der Waals surface area contributed by atoms with Gasteiger partial charge in [-0.25, -0.2) is 0 Å². The van der Waals surface area contributed by atoms with Crippen molar-refractivity contribution in [1.82, 2.24) is 4.98 Å². The van der Waals surface area contributed by atoms with Gasteiger partial charge in [-0.05, 0) is 12.1 Å². The molecule has 21 heavy (non-hydrogen) atoms. The third-order valence-electron chi connectivity index (χ3n) is 2.70. The number of pyridine rings is 1. The van der Waals surface area contributed by atoms with Crippen LogP contribution in [-0.4, -0.2) is 28.0 Å². The Labute approximate surface area is 119 Å². The van der Waals surface area contributed by atoms with Crippen LogP contribution >= 0.6 is 0 Å². The van der Waals surface area contributed by atoms with E-state index < -0.39 is 22.3 Å². The van der Waals surface area contributed by atoms with E-state index >= 15 is 0 Å². The molecular weight excluding hydrogens is 278 g/mol. The molecular formula is C13H11N3O5. The smallest absolute Gasteiger partial charge is 0.296 e. The van der Waals surface area contributed by atoms with Crippen molar-refractivity contribution in [2.75, 3.05) is 12.4 Å². The SMILES string of the molecule is COc1cnccc1C(=O)Nc1c(O)cccc1[N+](=O)[O-]. The maximum absolute atomic E-state index is 12.2. The number of nitro groups is 1. The van der Waals surface area contributed by atoms with Gasteiger partial charge in [0.15, 0.2) is 5.69 Å². The Bertz CT molecular complexity index is 702. The number of benzene rings is 1. The summed E-state index contributed by atoms with van der Waals surface area (Å²) in [6.45, 7) is 0. The number of carbonyl (C=O) groups is 1. The summed E-state index contributed by atoms with van der Waals surface area (Å²) in [5, 5.41) is 22.9. The average molecular weight is 289 g/mol. The molecule has 0 aliphatic carbocycles. The number of para-hydroxylation sites is 1. The van der Waals surface area contributed by atoms with Crippen molar-refractivity contribution in [2.24, 2.45) is 0 Å². The molecule has 108 valence electrons. The number of phenols is 1. The first kappa shape index (κ1) is 14.3. The molecule has 2 rings (SSSR count). The summed E-state index contributed by atoms with van der Waals surface area (Å²) in [5.74, 6) is -0.836. The third kappa shape index (κ3) is 2.89. The van der Waals surface area contributed by atoms with Gasteiger partial charge in [-0.2, -0.15) is 0 Å². The molecule has 0 saturated heterocycles. The molecule has 1 heterocycles. The fourth-order valence-corrected chi connectivity index (χ4v) is 1.72. The molecule has 0 radical (unpaired) electrons. The normalized spacial score (nSPS) is 9.95. The molecule has 1 aromatic heterocycles. The molecule has 0 spiro atoms. The molecule has 0 saturated carbocycles. The highest BCUT2D eigenvalue weighted by atomic mass is 16.6. The maximum Gasteiger partial charge on any atom is 0.296 e. The van der Waals surface area contributed by atoms with Crippen molar-refractivity contribution in [3.8, 4) is 11.5 Å². The van der Waals surface area contributed by atoms with Crippen molar-refractivity contribution >= 4 is 17.3 Å². The van der Waals surface area contributed by atoms with Crippen LogP contribution in [0.2, 0.25) is 0 Å². The van der Waals surface area contributed by atoms with Gasteiger partial charge in [-0.1, -0.05) is 6.07 Å². The van der Waals surface area contributed by atoms with Gasteiger partial charge in [0.05, 0.1) is 23.8 Å². The Hall–Kier alpha value is -3.16. The first-order valence-corrected chi connectivity index (χ1v) is 5.80. The first-order valence-electron chi connectivity index (χ1n) is 5.80. The lowest BCUT2D eigenvalue weighted by atomic mass is 10.2. The van der Waals surface area contributed by atoms with Crippen LogP contribution in [0, 0.1) is 10.1 Å². The second-order valence-electron chi connectivity index (χ2n) is 3.96. The molecule has 2 N–H and O–H groups in total. The van der Waals surface area contributed by atoms with E-state index in [1.54, 1.807) is 0 Å². The summed E-state index contributed by atoms with van der Waals surface area (Å²) in [5.41, 5.74) is -0.534. The van der Waals surface area contributed by atoms with Crippen molar-refractivity contribution < 1.29 is 19.6 Å². The van der Waals surface area contributed by atoms with Crippen LogP contribution in [0.1, 0.15) is 10.4 Å². The van der Waals surface area contributed by atoms with Crippen LogP contribution in [0.5, 0.6) is 11.5 Å². The zero-order valence-electron chi connectivity index (χ0n) is 10.9. The Kier molecular flexibility index (Phi) is 3.98. The molecule has 0 aliphatic heterocycles. The van der Waals surface area contributed by atoms with Crippen molar-refractivity contribution in [3.63, 3.8) is 0 Å². The van der Waals surface area contributed by atoms with Crippen LogP contribution in [-0.2, 0) is 0 Å². The maximum atomic E-state index is 12.2. The molecule has 1 aromatic carbocycles. The number of amides is 1. The molecule has 2 aromatic rings. The number of rotatable bonds is 4. The average Bonchev–Trinajstić information content (AvgIpc) is 2.48. The Balaban J connectivity index is 2.38. The first-order chi connectivity index (χ1) is 10.0. The highest BCUT2D eigenvalue weighted by Gasteiger charge is 2.21. The van der Waals surface area contributed by atoms with Crippen LogP contribution in [0.4, 0.5) is 11.4 Å². The zero-order chi connectivity index (χ0) is 15.4. The molecule has 8 heteroatoms. The van der Waals surface area contributed by atoms with Crippen molar-refractivity contribution in [1.29, 1.82) is 0 Å². The Morgan fingerprint density at radius 2 is 2.19 bits per heavy atom. The molecule has 1 amide bonds. The van der Waals surface area contributed by atoms with E-state index in [1.807, 2.05) is 0 Å². The van der Waals surface area contributed by atoms with Gasteiger partial charge in [-0.15, -0.1) is 0 Å². The number of methoxy groups -OCH3 is 1. The van der Waals surface area contributed by atoms with E-state index in [4.69, 9.17) is 4.74 Å². The minimum Gasteiger partial charge on any atom is -0.505 e. The molecule has 0 bridgehead atoms. The number of anilines is 1. The van der Waals surface area contributed by atoms with Gasteiger partial charge in [-0.3, -0.25) is 19.9 Å². The Morgan fingerprint density at radius 1 is 1.43 bits per heavy atom. The van der Waals surface area contributed by atoms with E-state index in [1.165, 1.54) is 43.8 Å². The predicted octanol–water partition coefficient (Wildman–Crippen LogP) is 1.96. The minimum absolute atomic E-state index is 0.144. The molecule has 0 fully saturated rings. The molecule has 0 atom stereocenters. The topological polar surface area (TPSA) is 115 Å². The van der Waals surface area contributed by atoms with Gasteiger partial charge < -0.3 is 15.2 Å². The van der Waals surface area contributed by atoms with Gasteiger partial charge in [0.1, 0.15) is 11.5 Å². The fraction of sp³-hybridized carbons (Fsp3) is 0.0769. The standard InChI is InChI=1S/C13H11N3O5/c1-21-11-7-14-6-5-8(11)13(18)15-12-9(16(19)20)3-2-4-10(12)17/h2-7,17H,1H3,(H,15,18). The van der Waals surface area contributed by atoms with Gasteiger partial charge in [0.25, 0.3) is 11.6 Å². The van der Waals surface area contributed by atoms with Crippen LogP contribution in [0.25, 0.3) is 0 Å². The summed E-state index contributed by atoms with van der Waals surface area (Å²) in [7, 11) is 1.37. The highest BCUT2D eigenvalue weighted by Crippen LogP contribution is 2.33.